The van der Waals surface area contributed by atoms with E-state index in [-0.39, 0.29) is 55.1 Å². The van der Waals surface area contributed by atoms with Crippen LogP contribution in [0.25, 0.3) is 0 Å². The number of hydrogen-bond acceptors (Lipinski definition) is 5. The summed E-state index contributed by atoms with van der Waals surface area (Å²) >= 11 is 0. The van der Waals surface area contributed by atoms with Crippen LogP contribution in [0.5, 0.6) is 0 Å². The third-order valence-corrected chi connectivity index (χ3v) is 6.88. The molecule has 1 heterocycles. The first-order chi connectivity index (χ1) is 13.3. The second-order valence-corrected chi connectivity index (χ2v) is 8.75. The van der Waals surface area contributed by atoms with E-state index >= 15 is 0 Å². The summed E-state index contributed by atoms with van der Waals surface area (Å²) in [5.41, 5.74) is 0. The van der Waals surface area contributed by atoms with Crippen molar-refractivity contribution in [1.29, 1.82) is 5.26 Å². The molecule has 1 aromatic rings. The van der Waals surface area contributed by atoms with Crippen LogP contribution in [0.3, 0.4) is 0 Å². The van der Waals surface area contributed by atoms with Gasteiger partial charge in [0.2, 0.25) is 21.8 Å². The average molecular weight is 407 g/mol. The Kier molecular flexibility index (Phi) is 7.54. The van der Waals surface area contributed by atoms with Crippen molar-refractivity contribution in [2.24, 2.45) is 0 Å². The van der Waals surface area contributed by atoms with Gasteiger partial charge in [-0.1, -0.05) is 18.2 Å². The Morgan fingerprint density at radius 3 is 2.32 bits per heavy atom. The maximum atomic E-state index is 12.6. The molecule has 2 rings (SSSR count). The number of carbonyl (C=O) groups is 2. The first kappa shape index (κ1) is 21.9. The second kappa shape index (κ2) is 9.66. The molecule has 0 saturated carbocycles. The standard InChI is InChI=1S/C19H26N4O4S/c1-16(10-11-20)21(2)18(24)8-9-19(25)22-12-14-23(15-13-22)28(26,27)17-6-4-3-5-7-17/h3-7,16H,8-10,12-15H2,1-2H3. The Labute approximate surface area is 166 Å². The predicted molar refractivity (Wildman–Crippen MR) is 103 cm³/mol. The third kappa shape index (κ3) is 5.30. The number of nitriles is 1. The van der Waals surface area contributed by atoms with E-state index < -0.39 is 10.0 Å². The average Bonchev–Trinajstić information content (AvgIpc) is 2.72. The van der Waals surface area contributed by atoms with E-state index in [0.717, 1.165) is 0 Å². The van der Waals surface area contributed by atoms with E-state index in [0.29, 0.717) is 13.1 Å². The Balaban J connectivity index is 1.84. The lowest BCUT2D eigenvalue weighted by Gasteiger charge is -2.34. The molecular weight excluding hydrogens is 380 g/mol. The van der Waals surface area contributed by atoms with Gasteiger partial charge < -0.3 is 9.80 Å². The lowest BCUT2D eigenvalue weighted by Crippen LogP contribution is -2.50. The van der Waals surface area contributed by atoms with Gasteiger partial charge in [0.05, 0.1) is 17.4 Å². The van der Waals surface area contributed by atoms with Gasteiger partial charge in [-0.15, -0.1) is 0 Å². The molecule has 152 valence electrons. The highest BCUT2D eigenvalue weighted by molar-refractivity contribution is 7.89. The molecule has 0 aliphatic carbocycles. The number of carbonyl (C=O) groups excluding carboxylic acids is 2. The molecule has 28 heavy (non-hydrogen) atoms. The molecule has 1 aliphatic rings. The van der Waals surface area contributed by atoms with Crippen molar-refractivity contribution in [1.82, 2.24) is 14.1 Å². The molecule has 0 bridgehead atoms. The van der Waals surface area contributed by atoms with Crippen LogP contribution in [-0.4, -0.2) is 73.6 Å². The Morgan fingerprint density at radius 1 is 1.14 bits per heavy atom. The highest BCUT2D eigenvalue weighted by Gasteiger charge is 2.30. The van der Waals surface area contributed by atoms with E-state index in [4.69, 9.17) is 5.26 Å². The van der Waals surface area contributed by atoms with Crippen molar-refractivity contribution in [2.75, 3.05) is 33.2 Å². The van der Waals surface area contributed by atoms with E-state index in [1.165, 1.54) is 9.21 Å². The molecule has 1 aliphatic heterocycles. The van der Waals surface area contributed by atoms with Gasteiger partial charge in [0.25, 0.3) is 0 Å². The van der Waals surface area contributed by atoms with Crippen LogP contribution in [0, 0.1) is 11.3 Å². The number of nitrogens with zero attached hydrogens (tertiary/aromatic N) is 4. The van der Waals surface area contributed by atoms with Crippen LogP contribution in [0.15, 0.2) is 35.2 Å². The monoisotopic (exact) mass is 406 g/mol. The lowest BCUT2D eigenvalue weighted by molar-refractivity contribution is -0.137. The molecule has 0 spiro atoms. The zero-order valence-electron chi connectivity index (χ0n) is 16.2. The van der Waals surface area contributed by atoms with Gasteiger partial charge in [-0.25, -0.2) is 8.42 Å². The van der Waals surface area contributed by atoms with Crippen molar-refractivity contribution in [3.05, 3.63) is 30.3 Å². The van der Waals surface area contributed by atoms with E-state index in [1.54, 1.807) is 49.2 Å². The van der Waals surface area contributed by atoms with Crippen LogP contribution in [0.2, 0.25) is 0 Å². The summed E-state index contributed by atoms with van der Waals surface area (Å²) in [4.78, 5) is 27.9. The minimum Gasteiger partial charge on any atom is -0.342 e. The Bertz CT molecular complexity index is 827. The zero-order chi connectivity index (χ0) is 20.7. The van der Waals surface area contributed by atoms with Crippen molar-refractivity contribution in [2.45, 2.75) is 37.1 Å². The number of benzene rings is 1. The van der Waals surface area contributed by atoms with Gasteiger partial charge in [-0.05, 0) is 19.1 Å². The fourth-order valence-electron chi connectivity index (χ4n) is 2.98. The molecule has 0 radical (unpaired) electrons. The van der Waals surface area contributed by atoms with Gasteiger partial charge in [0.15, 0.2) is 0 Å². The van der Waals surface area contributed by atoms with Crippen molar-refractivity contribution >= 4 is 21.8 Å². The quantitative estimate of drug-likeness (QED) is 0.674. The summed E-state index contributed by atoms with van der Waals surface area (Å²) in [6, 6.07) is 10.1. The molecule has 8 nitrogen and oxygen atoms in total. The van der Waals surface area contributed by atoms with Crippen molar-refractivity contribution in [3.63, 3.8) is 0 Å². The number of piperazine rings is 1. The van der Waals surface area contributed by atoms with Gasteiger partial charge in [-0.3, -0.25) is 9.59 Å². The summed E-state index contributed by atoms with van der Waals surface area (Å²) in [5, 5.41) is 8.71. The molecule has 1 unspecified atom stereocenters. The van der Waals surface area contributed by atoms with Gasteiger partial charge in [0.1, 0.15) is 0 Å². The second-order valence-electron chi connectivity index (χ2n) is 6.81. The summed E-state index contributed by atoms with van der Waals surface area (Å²) in [6.45, 7) is 2.86. The minimum atomic E-state index is -3.55. The number of rotatable bonds is 7. The number of sulfonamides is 1. The molecule has 0 N–H and O–H groups in total. The van der Waals surface area contributed by atoms with Crippen LogP contribution < -0.4 is 0 Å². The summed E-state index contributed by atoms with van der Waals surface area (Å²) < 4.78 is 26.6. The highest BCUT2D eigenvalue weighted by atomic mass is 32.2. The van der Waals surface area contributed by atoms with Crippen LogP contribution >= 0.6 is 0 Å². The lowest BCUT2D eigenvalue weighted by atomic mass is 10.2. The first-order valence-corrected chi connectivity index (χ1v) is 10.7. The fraction of sp³-hybridized carbons (Fsp3) is 0.526. The molecule has 9 heteroatoms. The first-order valence-electron chi connectivity index (χ1n) is 9.23. The zero-order valence-corrected chi connectivity index (χ0v) is 17.1. The number of hydrogen-bond donors (Lipinski definition) is 0. The van der Waals surface area contributed by atoms with Crippen molar-refractivity contribution < 1.29 is 18.0 Å². The summed E-state index contributed by atoms with van der Waals surface area (Å²) in [7, 11) is -1.93. The fourth-order valence-corrected chi connectivity index (χ4v) is 4.43. The summed E-state index contributed by atoms with van der Waals surface area (Å²) in [6.07, 6.45) is 0.398. The van der Waals surface area contributed by atoms with Crippen LogP contribution in [0.1, 0.15) is 26.2 Å². The topological polar surface area (TPSA) is 102 Å². The molecule has 1 atom stereocenters. The Morgan fingerprint density at radius 2 is 1.75 bits per heavy atom. The molecular formula is C19H26N4O4S. The SMILES string of the molecule is CC(CC#N)N(C)C(=O)CCC(=O)N1CCN(S(=O)(=O)c2ccccc2)CC1. The molecule has 1 fully saturated rings. The largest absolute Gasteiger partial charge is 0.342 e. The van der Waals surface area contributed by atoms with Crippen LogP contribution in [0.4, 0.5) is 0 Å². The molecule has 0 aromatic heterocycles. The third-order valence-electron chi connectivity index (χ3n) is 4.97. The van der Waals surface area contributed by atoms with Crippen LogP contribution in [-0.2, 0) is 19.6 Å². The predicted octanol–water partition coefficient (Wildman–Crippen LogP) is 1.06. The van der Waals surface area contributed by atoms with Gasteiger partial charge in [-0.2, -0.15) is 9.57 Å². The van der Waals surface area contributed by atoms with Gasteiger partial charge >= 0.3 is 0 Å². The van der Waals surface area contributed by atoms with E-state index in [9.17, 15) is 18.0 Å². The molecule has 2 amide bonds. The Hall–Kier alpha value is -2.44. The minimum absolute atomic E-state index is 0.0770. The smallest absolute Gasteiger partial charge is 0.243 e. The maximum Gasteiger partial charge on any atom is 0.243 e. The highest BCUT2D eigenvalue weighted by Crippen LogP contribution is 2.17. The normalized spacial score (nSPS) is 16.2. The van der Waals surface area contributed by atoms with Gasteiger partial charge in [0, 0.05) is 52.1 Å². The maximum absolute atomic E-state index is 12.6. The molecule has 1 aromatic carbocycles. The van der Waals surface area contributed by atoms with E-state index in [1.807, 2.05) is 6.07 Å². The van der Waals surface area contributed by atoms with Crippen molar-refractivity contribution in [3.8, 4) is 6.07 Å². The van der Waals surface area contributed by atoms with E-state index in [2.05, 4.69) is 0 Å². The number of amides is 2. The molecule has 1 saturated heterocycles. The summed E-state index contributed by atoms with van der Waals surface area (Å²) in [5.74, 6) is -0.340.